The fraction of sp³-hybridized carbons (Fsp3) is 0. The summed E-state index contributed by atoms with van der Waals surface area (Å²) in [5.74, 6) is 0.932. The Bertz CT molecular complexity index is 2820. The number of hydrogen-bond donors (Lipinski definition) is 0. The van der Waals surface area contributed by atoms with E-state index in [4.69, 9.17) is 4.98 Å². The summed E-state index contributed by atoms with van der Waals surface area (Å²) in [7, 11) is 0. The third-order valence-electron chi connectivity index (χ3n) is 9.63. The van der Waals surface area contributed by atoms with Gasteiger partial charge in [0, 0.05) is 49.5 Å². The number of aromatic nitrogens is 2. The Labute approximate surface area is 287 Å². The summed E-state index contributed by atoms with van der Waals surface area (Å²) in [6.07, 6.45) is 1.96. The van der Waals surface area contributed by atoms with Crippen molar-refractivity contribution < 1.29 is 0 Å². The first-order valence-electron chi connectivity index (χ1n) is 16.5. The molecule has 0 N–H and O–H groups in total. The maximum Gasteiger partial charge on any atom is 0.155 e. The first-order chi connectivity index (χ1) is 24.3. The van der Waals surface area contributed by atoms with E-state index >= 15 is 0 Å². The van der Waals surface area contributed by atoms with Crippen LogP contribution in [0, 0.1) is 0 Å². The van der Waals surface area contributed by atoms with Gasteiger partial charge in [-0.1, -0.05) is 115 Å². The highest BCUT2D eigenvalue weighted by Gasteiger charge is 2.22. The molecule has 3 nitrogen and oxygen atoms in total. The molecule has 3 heterocycles. The van der Waals surface area contributed by atoms with Gasteiger partial charge in [-0.05, 0) is 76.5 Å². The van der Waals surface area contributed by atoms with Crippen LogP contribution in [0.25, 0.3) is 69.6 Å². The minimum atomic E-state index is 0.932. The zero-order valence-electron chi connectivity index (χ0n) is 26.5. The van der Waals surface area contributed by atoms with E-state index in [-0.39, 0.29) is 0 Å². The summed E-state index contributed by atoms with van der Waals surface area (Å²) in [6.45, 7) is 0. The van der Waals surface area contributed by atoms with Crippen LogP contribution in [0.4, 0.5) is 17.2 Å². The van der Waals surface area contributed by atoms with Crippen LogP contribution in [0.3, 0.4) is 0 Å². The van der Waals surface area contributed by atoms with Gasteiger partial charge in [-0.25, -0.2) is 4.98 Å². The van der Waals surface area contributed by atoms with Crippen LogP contribution in [0.2, 0.25) is 0 Å². The summed E-state index contributed by atoms with van der Waals surface area (Å²) in [5, 5.41) is 7.46. The van der Waals surface area contributed by atoms with E-state index in [0.29, 0.717) is 0 Å². The maximum atomic E-state index is 5.14. The molecule has 0 saturated carbocycles. The zero-order chi connectivity index (χ0) is 32.3. The van der Waals surface area contributed by atoms with Gasteiger partial charge in [-0.2, -0.15) is 0 Å². The molecule has 0 aliphatic heterocycles. The molecule has 0 aliphatic carbocycles. The topological polar surface area (TPSA) is 21.1 Å². The quantitative estimate of drug-likeness (QED) is 0.186. The van der Waals surface area contributed by atoms with Crippen LogP contribution < -0.4 is 4.90 Å². The Morgan fingerprint density at radius 2 is 1.10 bits per heavy atom. The van der Waals surface area contributed by atoms with Crippen molar-refractivity contribution in [3.63, 3.8) is 0 Å². The lowest BCUT2D eigenvalue weighted by Crippen LogP contribution is -2.11. The van der Waals surface area contributed by atoms with Crippen LogP contribution in [-0.2, 0) is 0 Å². The monoisotopic (exact) mass is 643 g/mol. The number of anilines is 3. The Balaban J connectivity index is 1.23. The van der Waals surface area contributed by atoms with Crippen LogP contribution in [-0.4, -0.2) is 9.55 Å². The third kappa shape index (κ3) is 4.46. The summed E-state index contributed by atoms with van der Waals surface area (Å²) in [4.78, 5) is 7.48. The normalized spacial score (nSPS) is 11.7. The molecule has 0 spiro atoms. The van der Waals surface area contributed by atoms with Crippen molar-refractivity contribution >= 4 is 81.3 Å². The Kier molecular flexibility index (Phi) is 6.36. The molecule has 0 bridgehead atoms. The Hall–Kier alpha value is -6.23. The largest absolute Gasteiger partial charge is 0.309 e. The minimum Gasteiger partial charge on any atom is -0.309 e. The van der Waals surface area contributed by atoms with Gasteiger partial charge in [0.05, 0.1) is 15.7 Å². The molecule has 0 saturated heterocycles. The van der Waals surface area contributed by atoms with E-state index in [1.165, 1.54) is 63.9 Å². The van der Waals surface area contributed by atoms with Gasteiger partial charge in [0.25, 0.3) is 0 Å². The molecular weight excluding hydrogens is 615 g/mol. The van der Waals surface area contributed by atoms with Gasteiger partial charge in [-0.3, -0.25) is 4.90 Å². The second-order valence-electron chi connectivity index (χ2n) is 12.4. The van der Waals surface area contributed by atoms with Crippen molar-refractivity contribution in [1.82, 2.24) is 9.55 Å². The number of pyridine rings is 1. The Morgan fingerprint density at radius 3 is 1.94 bits per heavy atom. The molecule has 10 aromatic rings. The summed E-state index contributed by atoms with van der Waals surface area (Å²) < 4.78 is 4.83. The lowest BCUT2D eigenvalue weighted by atomic mass is 10.0. The lowest BCUT2D eigenvalue weighted by molar-refractivity contribution is 1.18. The summed E-state index contributed by atoms with van der Waals surface area (Å²) in [5.41, 5.74) is 8.04. The number of nitrogens with zero attached hydrogens (tertiary/aromatic N) is 3. The molecule has 49 heavy (non-hydrogen) atoms. The van der Waals surface area contributed by atoms with Gasteiger partial charge in [-0.15, -0.1) is 11.3 Å². The number of para-hydroxylation sites is 2. The average Bonchev–Trinajstić information content (AvgIpc) is 3.73. The highest BCUT2D eigenvalue weighted by molar-refractivity contribution is 7.27. The van der Waals surface area contributed by atoms with Gasteiger partial charge < -0.3 is 4.57 Å². The van der Waals surface area contributed by atoms with Crippen LogP contribution in [0.5, 0.6) is 0 Å². The fourth-order valence-electron chi connectivity index (χ4n) is 7.36. The minimum absolute atomic E-state index is 0.932. The van der Waals surface area contributed by atoms with Crippen LogP contribution >= 0.6 is 11.3 Å². The smallest absolute Gasteiger partial charge is 0.155 e. The Morgan fingerprint density at radius 1 is 0.449 bits per heavy atom. The molecule has 0 amide bonds. The second-order valence-corrected chi connectivity index (χ2v) is 13.4. The molecule has 7 aromatic carbocycles. The van der Waals surface area contributed by atoms with E-state index in [2.05, 4.69) is 179 Å². The van der Waals surface area contributed by atoms with Gasteiger partial charge >= 0.3 is 0 Å². The molecule has 0 fully saturated rings. The SMILES string of the molecule is c1ccc(-c2ccc(N(c3ccc4c(c3)c3ccccc3n4-c3ccccc3)c3nccc4c3sc3c5ccccc5ccc43)cc2)cc1. The van der Waals surface area contributed by atoms with E-state index < -0.39 is 0 Å². The average molecular weight is 644 g/mol. The third-order valence-corrected chi connectivity index (χ3v) is 10.9. The lowest BCUT2D eigenvalue weighted by Gasteiger charge is -2.25. The highest BCUT2D eigenvalue weighted by atomic mass is 32.1. The second kappa shape index (κ2) is 11.2. The maximum absolute atomic E-state index is 5.14. The molecule has 0 radical (unpaired) electrons. The molecule has 0 aliphatic rings. The zero-order valence-corrected chi connectivity index (χ0v) is 27.3. The van der Waals surface area contributed by atoms with E-state index in [1.807, 2.05) is 17.5 Å². The number of fused-ring (bicyclic) bond motifs is 8. The summed E-state index contributed by atoms with van der Waals surface area (Å²) in [6, 6.07) is 61.0. The number of hydrogen-bond acceptors (Lipinski definition) is 3. The summed E-state index contributed by atoms with van der Waals surface area (Å²) >= 11 is 1.83. The van der Waals surface area contributed by atoms with E-state index in [9.17, 15) is 0 Å². The van der Waals surface area contributed by atoms with Gasteiger partial charge in [0.1, 0.15) is 0 Å². The number of benzene rings is 7. The van der Waals surface area contributed by atoms with Crippen LogP contribution in [0.1, 0.15) is 0 Å². The molecule has 0 unspecified atom stereocenters. The van der Waals surface area contributed by atoms with E-state index in [1.54, 1.807) is 0 Å². The van der Waals surface area contributed by atoms with Crippen molar-refractivity contribution in [2.75, 3.05) is 4.90 Å². The standard InChI is InChI=1S/C45H29N3S/c1-3-11-30(12-4-1)31-19-22-34(23-20-31)47(45-44-39(27-28-46-45)38-25-21-32-13-7-8-16-36(32)43(38)49-44)35-24-26-42-40(29-35)37-17-9-10-18-41(37)48(42)33-14-5-2-6-15-33/h1-29H. The number of thiophene rings is 1. The molecular formula is C45H29N3S. The predicted molar refractivity (Wildman–Crippen MR) is 209 cm³/mol. The molecule has 0 atom stereocenters. The van der Waals surface area contributed by atoms with Crippen molar-refractivity contribution in [2.45, 2.75) is 0 Å². The van der Waals surface area contributed by atoms with Crippen molar-refractivity contribution in [1.29, 1.82) is 0 Å². The molecule has 3 aromatic heterocycles. The van der Waals surface area contributed by atoms with E-state index in [0.717, 1.165) is 22.9 Å². The van der Waals surface area contributed by atoms with Gasteiger partial charge in [0.15, 0.2) is 5.82 Å². The van der Waals surface area contributed by atoms with Crippen molar-refractivity contribution in [3.8, 4) is 16.8 Å². The first-order valence-corrected chi connectivity index (χ1v) is 17.4. The predicted octanol–water partition coefficient (Wildman–Crippen LogP) is 12.8. The highest BCUT2D eigenvalue weighted by Crippen LogP contribution is 2.46. The van der Waals surface area contributed by atoms with Gasteiger partial charge in [0.2, 0.25) is 0 Å². The van der Waals surface area contributed by atoms with Crippen molar-refractivity contribution in [3.05, 3.63) is 176 Å². The number of rotatable bonds is 5. The molecule has 230 valence electrons. The van der Waals surface area contributed by atoms with Crippen LogP contribution in [0.15, 0.2) is 176 Å². The molecule has 4 heteroatoms. The molecule has 10 rings (SSSR count). The first kappa shape index (κ1) is 27.8. The van der Waals surface area contributed by atoms with Crippen molar-refractivity contribution in [2.24, 2.45) is 0 Å². The fourth-order valence-corrected chi connectivity index (χ4v) is 8.67.